The highest BCUT2D eigenvalue weighted by Gasteiger charge is 1.93. The van der Waals surface area contributed by atoms with E-state index in [9.17, 15) is 0 Å². The SMILES string of the molecule is COCc1ccc(CCBr)cc1.OCc1ccc(CCBr)cc1. The number of aryl methyl sites for hydroxylation is 2. The molecule has 0 atom stereocenters. The molecule has 0 unspecified atom stereocenters. The van der Waals surface area contributed by atoms with E-state index in [2.05, 4.69) is 56.1 Å². The van der Waals surface area contributed by atoms with E-state index in [-0.39, 0.29) is 6.61 Å². The van der Waals surface area contributed by atoms with Gasteiger partial charge in [-0.1, -0.05) is 80.4 Å². The van der Waals surface area contributed by atoms with Crippen molar-refractivity contribution in [2.24, 2.45) is 0 Å². The maximum atomic E-state index is 8.75. The van der Waals surface area contributed by atoms with Crippen LogP contribution in [0.3, 0.4) is 0 Å². The highest BCUT2D eigenvalue weighted by Crippen LogP contribution is 2.07. The van der Waals surface area contributed by atoms with E-state index in [0.29, 0.717) is 6.61 Å². The first kappa shape index (κ1) is 20.4. The van der Waals surface area contributed by atoms with E-state index in [1.54, 1.807) is 7.11 Å². The summed E-state index contributed by atoms with van der Waals surface area (Å²) < 4.78 is 5.02. The molecule has 23 heavy (non-hydrogen) atoms. The average molecular weight is 444 g/mol. The summed E-state index contributed by atoms with van der Waals surface area (Å²) in [5.41, 5.74) is 4.88. The van der Waals surface area contributed by atoms with Crippen LogP contribution in [-0.2, 0) is 30.8 Å². The van der Waals surface area contributed by atoms with Crippen molar-refractivity contribution in [1.29, 1.82) is 0 Å². The molecule has 0 saturated heterocycles. The fourth-order valence-electron chi connectivity index (χ4n) is 2.00. The maximum absolute atomic E-state index is 8.75. The minimum atomic E-state index is 0.134. The number of methoxy groups -OCH3 is 1. The van der Waals surface area contributed by atoms with Gasteiger partial charge in [0.1, 0.15) is 0 Å². The number of hydrogen-bond acceptors (Lipinski definition) is 2. The largest absolute Gasteiger partial charge is 0.392 e. The summed E-state index contributed by atoms with van der Waals surface area (Å²) in [6.45, 7) is 0.836. The monoisotopic (exact) mass is 442 g/mol. The van der Waals surface area contributed by atoms with Crippen molar-refractivity contribution in [2.75, 3.05) is 17.8 Å². The van der Waals surface area contributed by atoms with Crippen LogP contribution in [0.25, 0.3) is 0 Å². The molecule has 0 heterocycles. The number of rotatable bonds is 7. The quantitative estimate of drug-likeness (QED) is 0.617. The molecule has 0 spiro atoms. The van der Waals surface area contributed by atoms with Crippen molar-refractivity contribution in [1.82, 2.24) is 0 Å². The second-order valence-corrected chi connectivity index (χ2v) is 6.69. The van der Waals surface area contributed by atoms with Crippen molar-refractivity contribution >= 4 is 31.9 Å². The van der Waals surface area contributed by atoms with Gasteiger partial charge in [-0.05, 0) is 35.1 Å². The second kappa shape index (κ2) is 12.7. The Bertz CT molecular complexity index is 499. The molecule has 0 aliphatic carbocycles. The lowest BCUT2D eigenvalue weighted by atomic mass is 10.1. The smallest absolute Gasteiger partial charge is 0.0713 e. The van der Waals surface area contributed by atoms with Gasteiger partial charge in [0.05, 0.1) is 13.2 Å². The average Bonchev–Trinajstić information content (AvgIpc) is 2.59. The normalized spacial score (nSPS) is 10.1. The maximum Gasteiger partial charge on any atom is 0.0713 e. The van der Waals surface area contributed by atoms with Crippen LogP contribution in [-0.4, -0.2) is 22.9 Å². The van der Waals surface area contributed by atoms with Gasteiger partial charge in [-0.2, -0.15) is 0 Å². The summed E-state index contributed by atoms with van der Waals surface area (Å²) in [4.78, 5) is 0. The fraction of sp³-hybridized carbons (Fsp3) is 0.368. The van der Waals surface area contributed by atoms with Crippen LogP contribution in [0, 0.1) is 0 Å². The molecule has 0 radical (unpaired) electrons. The van der Waals surface area contributed by atoms with Gasteiger partial charge in [0.2, 0.25) is 0 Å². The molecule has 4 heteroatoms. The predicted octanol–water partition coefficient (Wildman–Crippen LogP) is 4.89. The van der Waals surface area contributed by atoms with E-state index < -0.39 is 0 Å². The van der Waals surface area contributed by atoms with Crippen LogP contribution in [0.5, 0.6) is 0 Å². The minimum Gasteiger partial charge on any atom is -0.392 e. The van der Waals surface area contributed by atoms with E-state index in [1.165, 1.54) is 16.7 Å². The molecule has 2 rings (SSSR count). The van der Waals surface area contributed by atoms with Crippen LogP contribution >= 0.6 is 31.9 Å². The van der Waals surface area contributed by atoms with Crippen LogP contribution in [0.4, 0.5) is 0 Å². The molecule has 2 aromatic rings. The highest BCUT2D eigenvalue weighted by atomic mass is 79.9. The summed E-state index contributed by atoms with van der Waals surface area (Å²) in [6, 6.07) is 16.5. The summed E-state index contributed by atoms with van der Waals surface area (Å²) in [5.74, 6) is 0. The van der Waals surface area contributed by atoms with Gasteiger partial charge in [0.25, 0.3) is 0 Å². The molecule has 0 aliphatic rings. The first-order valence-electron chi connectivity index (χ1n) is 7.60. The summed E-state index contributed by atoms with van der Waals surface area (Å²) in [6.07, 6.45) is 2.14. The van der Waals surface area contributed by atoms with Gasteiger partial charge in [-0.15, -0.1) is 0 Å². The van der Waals surface area contributed by atoms with Crippen molar-refractivity contribution < 1.29 is 9.84 Å². The number of benzene rings is 2. The molecule has 0 saturated carbocycles. The molecular weight excluding hydrogens is 420 g/mol. The molecule has 0 fully saturated rings. The Kier molecular flexibility index (Phi) is 11.3. The number of aliphatic hydroxyl groups is 1. The van der Waals surface area contributed by atoms with Gasteiger partial charge < -0.3 is 9.84 Å². The lowest BCUT2D eigenvalue weighted by Gasteiger charge is -2.01. The van der Waals surface area contributed by atoms with Gasteiger partial charge in [0.15, 0.2) is 0 Å². The Labute approximate surface area is 156 Å². The Morgan fingerprint density at radius 1 is 0.739 bits per heavy atom. The topological polar surface area (TPSA) is 29.5 Å². The van der Waals surface area contributed by atoms with Gasteiger partial charge >= 0.3 is 0 Å². The van der Waals surface area contributed by atoms with Crippen LogP contribution in [0.15, 0.2) is 48.5 Å². The third-order valence-electron chi connectivity index (χ3n) is 3.31. The summed E-state index contributed by atoms with van der Waals surface area (Å²) >= 11 is 6.78. The van der Waals surface area contributed by atoms with Crippen molar-refractivity contribution in [3.8, 4) is 0 Å². The number of alkyl halides is 2. The second-order valence-electron chi connectivity index (χ2n) is 5.10. The van der Waals surface area contributed by atoms with Gasteiger partial charge in [-0.3, -0.25) is 0 Å². The zero-order chi connectivity index (χ0) is 16.9. The molecule has 2 aromatic carbocycles. The van der Waals surface area contributed by atoms with E-state index in [0.717, 1.165) is 29.1 Å². The third-order valence-corrected chi connectivity index (χ3v) is 4.10. The number of hydrogen-bond donors (Lipinski definition) is 1. The number of halogens is 2. The molecular formula is C19H24Br2O2. The zero-order valence-electron chi connectivity index (χ0n) is 13.5. The molecule has 2 nitrogen and oxygen atoms in total. The predicted molar refractivity (Wildman–Crippen MR) is 105 cm³/mol. The molecule has 0 aliphatic heterocycles. The molecule has 0 bridgehead atoms. The Morgan fingerprint density at radius 2 is 1.13 bits per heavy atom. The number of aliphatic hydroxyl groups excluding tert-OH is 1. The van der Waals surface area contributed by atoms with E-state index in [1.807, 2.05) is 24.3 Å². The van der Waals surface area contributed by atoms with Gasteiger partial charge in [-0.25, -0.2) is 0 Å². The summed E-state index contributed by atoms with van der Waals surface area (Å²) in [5, 5.41) is 10.8. The lowest BCUT2D eigenvalue weighted by molar-refractivity contribution is 0.185. The first-order valence-corrected chi connectivity index (χ1v) is 9.85. The molecule has 0 aromatic heterocycles. The van der Waals surface area contributed by atoms with Crippen LogP contribution in [0.2, 0.25) is 0 Å². The van der Waals surface area contributed by atoms with Gasteiger partial charge in [0, 0.05) is 17.8 Å². The van der Waals surface area contributed by atoms with Crippen LogP contribution < -0.4 is 0 Å². The Hall–Kier alpha value is -0.680. The minimum absolute atomic E-state index is 0.134. The fourth-order valence-corrected chi connectivity index (χ4v) is 2.91. The summed E-state index contributed by atoms with van der Waals surface area (Å²) in [7, 11) is 1.71. The number of ether oxygens (including phenoxy) is 1. The lowest BCUT2D eigenvalue weighted by Crippen LogP contribution is -1.89. The first-order chi connectivity index (χ1) is 11.2. The Balaban J connectivity index is 0.000000231. The van der Waals surface area contributed by atoms with Crippen LogP contribution in [0.1, 0.15) is 22.3 Å². The zero-order valence-corrected chi connectivity index (χ0v) is 16.6. The van der Waals surface area contributed by atoms with Crippen molar-refractivity contribution in [3.05, 3.63) is 70.8 Å². The third kappa shape index (κ3) is 8.66. The van der Waals surface area contributed by atoms with E-state index in [4.69, 9.17) is 9.84 Å². The molecule has 1 N–H and O–H groups in total. The Morgan fingerprint density at radius 3 is 1.48 bits per heavy atom. The molecule has 0 amide bonds. The molecule has 126 valence electrons. The van der Waals surface area contributed by atoms with Crippen molar-refractivity contribution in [2.45, 2.75) is 26.1 Å². The standard InChI is InChI=1S/C10H13BrO.C9H11BrO/c1-12-8-10-4-2-9(3-5-10)6-7-11;10-6-5-8-1-3-9(7-11)4-2-8/h2-5H,6-8H2,1H3;1-4,11H,5-7H2. The van der Waals surface area contributed by atoms with Crippen molar-refractivity contribution in [3.63, 3.8) is 0 Å². The van der Waals surface area contributed by atoms with E-state index >= 15 is 0 Å². The highest BCUT2D eigenvalue weighted by molar-refractivity contribution is 9.09.